The van der Waals surface area contributed by atoms with Gasteiger partial charge in [0.2, 0.25) is 11.7 Å². The normalized spacial score (nSPS) is 20.1. The van der Waals surface area contributed by atoms with Gasteiger partial charge in [-0.25, -0.2) is 22.0 Å². The monoisotopic (exact) mass is 546 g/mol. The van der Waals surface area contributed by atoms with Gasteiger partial charge in [0.25, 0.3) is 5.91 Å². The molecule has 0 bridgehead atoms. The van der Waals surface area contributed by atoms with Crippen molar-refractivity contribution in [2.24, 2.45) is 5.92 Å². The van der Waals surface area contributed by atoms with E-state index in [2.05, 4.69) is 5.32 Å². The van der Waals surface area contributed by atoms with Gasteiger partial charge >= 0.3 is 0 Å². The molecule has 2 aliphatic rings. The van der Waals surface area contributed by atoms with E-state index in [4.69, 9.17) is 4.74 Å². The number of halogens is 5. The summed E-state index contributed by atoms with van der Waals surface area (Å²) in [6.45, 7) is 3.90. The topological polar surface area (TPSA) is 87.7 Å². The van der Waals surface area contributed by atoms with Crippen LogP contribution in [0.1, 0.15) is 54.1 Å². The number of phenols is 1. The standard InChI is InChI=1S/C28H23F5N2O4/c1-12-3-5-14(6-4-12)39-16-11-15(34-26(37)17-19(29)21(31)23(33)22(32)20(17)30)25(36)18-24(16)35-27(38)28(18)9-7-13(2)8-10-28/h3-6,11,13,36H,7-10H2,1-2H3,(H,34,37)(H,35,38). The molecule has 1 saturated carbocycles. The van der Waals surface area contributed by atoms with Gasteiger partial charge in [0.15, 0.2) is 29.0 Å². The van der Waals surface area contributed by atoms with Crippen molar-refractivity contribution in [3.05, 3.63) is 76.1 Å². The number of aromatic hydroxyl groups is 1. The van der Waals surface area contributed by atoms with Crippen LogP contribution in [0.4, 0.5) is 33.3 Å². The van der Waals surface area contributed by atoms with Gasteiger partial charge in [-0.1, -0.05) is 24.6 Å². The number of benzene rings is 3. The van der Waals surface area contributed by atoms with E-state index in [9.17, 15) is 36.6 Å². The number of carbonyl (C=O) groups is 2. The number of ether oxygens (including phenoxy) is 1. The Morgan fingerprint density at radius 3 is 2.15 bits per heavy atom. The first-order valence-corrected chi connectivity index (χ1v) is 12.2. The Balaban J connectivity index is 1.64. The van der Waals surface area contributed by atoms with E-state index >= 15 is 0 Å². The first kappa shape index (κ1) is 26.5. The van der Waals surface area contributed by atoms with Crippen molar-refractivity contribution in [2.45, 2.75) is 44.9 Å². The van der Waals surface area contributed by atoms with Crippen molar-refractivity contribution in [3.8, 4) is 17.2 Å². The summed E-state index contributed by atoms with van der Waals surface area (Å²) in [5.41, 5.74) is -2.07. The first-order chi connectivity index (χ1) is 18.4. The van der Waals surface area contributed by atoms with Crippen molar-refractivity contribution in [1.29, 1.82) is 0 Å². The smallest absolute Gasteiger partial charge is 0.261 e. The summed E-state index contributed by atoms with van der Waals surface area (Å²) in [6, 6.07) is 7.95. The maximum Gasteiger partial charge on any atom is 0.261 e. The van der Waals surface area contributed by atoms with Crippen molar-refractivity contribution in [2.75, 3.05) is 10.6 Å². The number of hydrogen-bond donors (Lipinski definition) is 3. The van der Waals surface area contributed by atoms with E-state index in [0.717, 1.165) is 11.6 Å². The molecule has 1 spiro atoms. The van der Waals surface area contributed by atoms with Gasteiger partial charge in [0.05, 0.1) is 16.8 Å². The van der Waals surface area contributed by atoms with Gasteiger partial charge in [-0.2, -0.15) is 0 Å². The number of rotatable bonds is 4. The van der Waals surface area contributed by atoms with Crippen LogP contribution < -0.4 is 15.4 Å². The Morgan fingerprint density at radius 1 is 1.00 bits per heavy atom. The van der Waals surface area contributed by atoms with Gasteiger partial charge in [-0.15, -0.1) is 0 Å². The summed E-state index contributed by atoms with van der Waals surface area (Å²) in [7, 11) is 0. The van der Waals surface area contributed by atoms with Crippen LogP contribution in [0.15, 0.2) is 30.3 Å². The molecular weight excluding hydrogens is 523 g/mol. The minimum absolute atomic E-state index is 0.00297. The highest BCUT2D eigenvalue weighted by Crippen LogP contribution is 2.57. The third-order valence-electron chi connectivity index (χ3n) is 7.48. The van der Waals surface area contributed by atoms with E-state index in [-0.39, 0.29) is 22.9 Å². The Labute approximate surface area is 219 Å². The second kappa shape index (κ2) is 9.55. The molecule has 3 aromatic rings. The molecule has 1 aliphatic carbocycles. The molecule has 11 heteroatoms. The number of amides is 2. The molecule has 3 aromatic carbocycles. The fraction of sp³-hybridized carbons (Fsp3) is 0.286. The minimum Gasteiger partial charge on any atom is -0.505 e. The lowest BCUT2D eigenvalue weighted by molar-refractivity contribution is -0.122. The average Bonchev–Trinajstić information content (AvgIpc) is 3.19. The van der Waals surface area contributed by atoms with Gasteiger partial charge in [0, 0.05) is 11.6 Å². The molecule has 2 amide bonds. The molecule has 1 fully saturated rings. The third-order valence-corrected chi connectivity index (χ3v) is 7.48. The van der Waals surface area contributed by atoms with Crippen molar-refractivity contribution >= 4 is 23.2 Å². The van der Waals surface area contributed by atoms with E-state index < -0.39 is 57.4 Å². The van der Waals surface area contributed by atoms with Crippen LogP contribution in [-0.4, -0.2) is 16.9 Å². The predicted octanol–water partition coefficient (Wildman–Crippen LogP) is 6.84. The summed E-state index contributed by atoms with van der Waals surface area (Å²) in [5, 5.41) is 16.1. The van der Waals surface area contributed by atoms with Crippen LogP contribution in [0.25, 0.3) is 0 Å². The second-order valence-electron chi connectivity index (χ2n) is 10.1. The lowest BCUT2D eigenvalue weighted by Crippen LogP contribution is -2.38. The van der Waals surface area contributed by atoms with Crippen LogP contribution in [0.5, 0.6) is 17.2 Å². The summed E-state index contributed by atoms with van der Waals surface area (Å²) in [5.74, 6) is -13.6. The van der Waals surface area contributed by atoms with Gasteiger partial charge in [-0.3, -0.25) is 9.59 Å². The van der Waals surface area contributed by atoms with Gasteiger partial charge < -0.3 is 20.5 Å². The van der Waals surface area contributed by atoms with Crippen molar-refractivity contribution in [1.82, 2.24) is 0 Å². The Morgan fingerprint density at radius 2 is 1.56 bits per heavy atom. The van der Waals surface area contributed by atoms with Crippen LogP contribution in [0, 0.1) is 41.9 Å². The zero-order chi connectivity index (χ0) is 28.2. The number of phenolic OH excluding ortho intramolecular Hbond substituents is 1. The summed E-state index contributed by atoms with van der Waals surface area (Å²) in [4.78, 5) is 26.1. The number of fused-ring (bicyclic) bond motifs is 2. The number of anilines is 2. The molecule has 0 aromatic heterocycles. The van der Waals surface area contributed by atoms with Gasteiger partial charge in [0.1, 0.15) is 17.1 Å². The Hall–Kier alpha value is -4.15. The van der Waals surface area contributed by atoms with E-state index in [1.54, 1.807) is 24.3 Å². The molecule has 0 radical (unpaired) electrons. The Kier molecular flexibility index (Phi) is 6.48. The molecule has 0 atom stereocenters. The van der Waals surface area contributed by atoms with Crippen LogP contribution >= 0.6 is 0 Å². The largest absolute Gasteiger partial charge is 0.505 e. The quantitative estimate of drug-likeness (QED) is 0.145. The molecule has 204 valence electrons. The van der Waals surface area contributed by atoms with Crippen molar-refractivity contribution in [3.63, 3.8) is 0 Å². The molecule has 0 saturated heterocycles. The molecule has 1 heterocycles. The fourth-order valence-electron chi connectivity index (χ4n) is 5.21. The maximum atomic E-state index is 14.3. The third kappa shape index (κ3) is 4.25. The van der Waals surface area contributed by atoms with Crippen LogP contribution in [0.3, 0.4) is 0 Å². The molecule has 6 nitrogen and oxygen atoms in total. The summed E-state index contributed by atoms with van der Waals surface area (Å²) < 4.78 is 75.6. The average molecular weight is 546 g/mol. The highest BCUT2D eigenvalue weighted by Gasteiger charge is 2.51. The molecule has 5 rings (SSSR count). The zero-order valence-corrected chi connectivity index (χ0v) is 20.9. The first-order valence-electron chi connectivity index (χ1n) is 12.2. The molecule has 39 heavy (non-hydrogen) atoms. The van der Waals surface area contributed by atoms with Gasteiger partial charge in [-0.05, 0) is 50.7 Å². The molecular formula is C28H23F5N2O4. The van der Waals surface area contributed by atoms with Crippen LogP contribution in [0.2, 0.25) is 0 Å². The van der Waals surface area contributed by atoms with Crippen LogP contribution in [-0.2, 0) is 10.2 Å². The predicted molar refractivity (Wildman–Crippen MR) is 131 cm³/mol. The maximum absolute atomic E-state index is 14.3. The lowest BCUT2D eigenvalue weighted by atomic mass is 9.67. The Bertz CT molecular complexity index is 1490. The number of carbonyl (C=O) groups excluding carboxylic acids is 2. The number of aryl methyl sites for hydroxylation is 1. The molecule has 3 N–H and O–H groups in total. The van der Waals surface area contributed by atoms with Crippen molar-refractivity contribution < 1.29 is 41.4 Å². The lowest BCUT2D eigenvalue weighted by Gasteiger charge is -2.35. The second-order valence-corrected chi connectivity index (χ2v) is 10.1. The summed E-state index contributed by atoms with van der Waals surface area (Å²) >= 11 is 0. The SMILES string of the molecule is Cc1ccc(Oc2cc(NC(=O)c3c(F)c(F)c(F)c(F)c3F)c(O)c3c2NC(=O)C32CCC(C)CC2)cc1. The fourth-order valence-corrected chi connectivity index (χ4v) is 5.21. The van der Waals surface area contributed by atoms with E-state index in [1.165, 1.54) is 0 Å². The highest BCUT2D eigenvalue weighted by molar-refractivity contribution is 6.11. The highest BCUT2D eigenvalue weighted by atomic mass is 19.2. The van der Waals surface area contributed by atoms with E-state index in [1.807, 2.05) is 19.2 Å². The zero-order valence-electron chi connectivity index (χ0n) is 20.9. The number of hydrogen-bond acceptors (Lipinski definition) is 4. The number of nitrogens with one attached hydrogen (secondary N) is 2. The summed E-state index contributed by atoms with van der Waals surface area (Å²) in [6.07, 6.45) is 2.09. The molecule has 0 unspecified atom stereocenters. The molecule has 1 aliphatic heterocycles. The van der Waals surface area contributed by atoms with E-state index in [0.29, 0.717) is 37.4 Å². The minimum atomic E-state index is -2.41.